The van der Waals surface area contributed by atoms with Crippen molar-refractivity contribution in [3.63, 3.8) is 0 Å². The van der Waals surface area contributed by atoms with E-state index in [9.17, 15) is 4.79 Å². The van der Waals surface area contributed by atoms with Gasteiger partial charge >= 0.3 is 5.97 Å². The van der Waals surface area contributed by atoms with E-state index in [4.69, 9.17) is 4.74 Å². The van der Waals surface area contributed by atoms with E-state index in [1.807, 2.05) is 36.4 Å². The Kier molecular flexibility index (Phi) is 4.02. The van der Waals surface area contributed by atoms with Gasteiger partial charge in [-0.2, -0.15) is 4.52 Å². The van der Waals surface area contributed by atoms with Crippen LogP contribution in [0.4, 0.5) is 0 Å². The summed E-state index contributed by atoms with van der Waals surface area (Å²) in [7, 11) is 1.36. The van der Waals surface area contributed by atoms with Crippen LogP contribution in [0.15, 0.2) is 53.9 Å². The molecule has 0 atom stereocenters. The van der Waals surface area contributed by atoms with Crippen molar-refractivity contribution in [2.45, 2.75) is 5.16 Å². The second-order valence-electron chi connectivity index (χ2n) is 5.18. The molecule has 1 aromatic carbocycles. The van der Waals surface area contributed by atoms with Crippen LogP contribution < -0.4 is 0 Å². The smallest absolute Gasteiger partial charge is 0.316 e. The summed E-state index contributed by atoms with van der Waals surface area (Å²) in [5, 5.41) is 6.07. The van der Waals surface area contributed by atoms with Crippen molar-refractivity contribution in [2.75, 3.05) is 12.9 Å². The number of aromatic nitrogens is 5. The molecule has 124 valence electrons. The van der Waals surface area contributed by atoms with Crippen molar-refractivity contribution in [2.24, 2.45) is 0 Å². The van der Waals surface area contributed by atoms with Gasteiger partial charge in [-0.05, 0) is 24.3 Å². The molecule has 0 radical (unpaired) electrons. The van der Waals surface area contributed by atoms with Crippen molar-refractivity contribution in [1.82, 2.24) is 24.6 Å². The molecule has 0 aliphatic heterocycles. The summed E-state index contributed by atoms with van der Waals surface area (Å²) >= 11 is 1.27. The van der Waals surface area contributed by atoms with E-state index >= 15 is 0 Å². The molecule has 4 aromatic rings. The van der Waals surface area contributed by atoms with E-state index in [1.165, 1.54) is 18.9 Å². The molecule has 0 aliphatic carbocycles. The maximum Gasteiger partial charge on any atom is 0.316 e. The van der Waals surface area contributed by atoms with Gasteiger partial charge in [0.2, 0.25) is 0 Å². The molecule has 25 heavy (non-hydrogen) atoms. The Morgan fingerprint density at radius 2 is 1.96 bits per heavy atom. The predicted molar refractivity (Wildman–Crippen MR) is 94.3 cm³/mol. The van der Waals surface area contributed by atoms with E-state index in [2.05, 4.69) is 20.1 Å². The molecule has 0 unspecified atom stereocenters. The number of esters is 1. The topological polar surface area (TPSA) is 82.3 Å². The molecular weight excluding hydrogens is 338 g/mol. The minimum Gasteiger partial charge on any atom is -0.468 e. The van der Waals surface area contributed by atoms with E-state index in [-0.39, 0.29) is 11.7 Å². The van der Waals surface area contributed by atoms with Gasteiger partial charge in [0.25, 0.3) is 0 Å². The minimum absolute atomic E-state index is 0.154. The molecule has 0 bridgehead atoms. The summed E-state index contributed by atoms with van der Waals surface area (Å²) in [6.07, 6.45) is 3.40. The normalized spacial score (nSPS) is 11.1. The lowest BCUT2D eigenvalue weighted by Crippen LogP contribution is -2.06. The Labute approximate surface area is 147 Å². The first-order valence-corrected chi connectivity index (χ1v) is 8.50. The number of ether oxygens (including phenoxy) is 1. The molecule has 7 nitrogen and oxygen atoms in total. The lowest BCUT2D eigenvalue weighted by molar-refractivity contribution is -0.137. The van der Waals surface area contributed by atoms with Gasteiger partial charge in [-0.3, -0.25) is 9.78 Å². The Bertz CT molecular complexity index is 1060. The first kappa shape index (κ1) is 15.5. The molecular formula is C17H13N5O2S. The van der Waals surface area contributed by atoms with Crippen molar-refractivity contribution in [3.05, 3.63) is 48.8 Å². The molecule has 0 fully saturated rings. The summed E-state index contributed by atoms with van der Waals surface area (Å²) in [6.45, 7) is 0. The molecule has 3 aromatic heterocycles. The monoisotopic (exact) mass is 351 g/mol. The first-order valence-electron chi connectivity index (χ1n) is 7.52. The number of benzene rings is 1. The number of hydrogen-bond acceptors (Lipinski definition) is 7. The van der Waals surface area contributed by atoms with Crippen LogP contribution in [0.5, 0.6) is 0 Å². The third-order valence-electron chi connectivity index (χ3n) is 3.63. The Balaban J connectivity index is 1.90. The van der Waals surface area contributed by atoms with Gasteiger partial charge in [-0.15, -0.1) is 5.10 Å². The zero-order valence-electron chi connectivity index (χ0n) is 13.3. The highest BCUT2D eigenvalue weighted by atomic mass is 32.2. The zero-order valence-corrected chi connectivity index (χ0v) is 14.1. The van der Waals surface area contributed by atoms with Gasteiger partial charge in [0.1, 0.15) is 0 Å². The summed E-state index contributed by atoms with van der Waals surface area (Å²) in [5.74, 6) is 0.421. The van der Waals surface area contributed by atoms with Gasteiger partial charge < -0.3 is 4.74 Å². The van der Waals surface area contributed by atoms with Crippen LogP contribution >= 0.6 is 11.8 Å². The van der Waals surface area contributed by atoms with Crippen molar-refractivity contribution in [3.8, 4) is 11.4 Å². The molecule has 0 amide bonds. The number of methoxy groups -OCH3 is 1. The standard InChI is InChI=1S/C17H13N5O2S/c1-24-14(23)10-25-17-19-13-5-3-2-4-12(13)16-20-15(21-22(16)17)11-6-8-18-9-7-11/h2-9H,10H2,1H3. The number of nitrogens with zero attached hydrogens (tertiary/aromatic N) is 5. The summed E-state index contributed by atoms with van der Waals surface area (Å²) in [5.41, 5.74) is 2.37. The summed E-state index contributed by atoms with van der Waals surface area (Å²) < 4.78 is 6.38. The number of carbonyl (C=O) groups excluding carboxylic acids is 1. The van der Waals surface area contributed by atoms with Crippen LogP contribution in [-0.2, 0) is 9.53 Å². The average molecular weight is 351 g/mol. The predicted octanol–water partition coefficient (Wildman–Crippen LogP) is 2.60. The van der Waals surface area contributed by atoms with Crippen LogP contribution in [0.25, 0.3) is 27.9 Å². The van der Waals surface area contributed by atoms with Crippen LogP contribution in [0.2, 0.25) is 0 Å². The van der Waals surface area contributed by atoms with Gasteiger partial charge in [0, 0.05) is 23.3 Å². The largest absolute Gasteiger partial charge is 0.468 e. The maximum atomic E-state index is 11.5. The third kappa shape index (κ3) is 2.91. The SMILES string of the molecule is COC(=O)CSc1nc2ccccc2c2nc(-c3ccncc3)nn12. The Morgan fingerprint density at radius 3 is 2.76 bits per heavy atom. The number of rotatable bonds is 4. The van der Waals surface area contributed by atoms with Crippen LogP contribution in [0, 0.1) is 0 Å². The molecule has 0 N–H and O–H groups in total. The second kappa shape index (κ2) is 6.48. The maximum absolute atomic E-state index is 11.5. The number of fused-ring (bicyclic) bond motifs is 3. The fourth-order valence-electron chi connectivity index (χ4n) is 2.43. The average Bonchev–Trinajstić information content (AvgIpc) is 3.12. The highest BCUT2D eigenvalue weighted by Crippen LogP contribution is 2.26. The highest BCUT2D eigenvalue weighted by molar-refractivity contribution is 7.99. The molecule has 8 heteroatoms. The highest BCUT2D eigenvalue weighted by Gasteiger charge is 2.15. The first-order chi connectivity index (χ1) is 12.3. The molecule has 0 saturated carbocycles. The second-order valence-corrected chi connectivity index (χ2v) is 6.13. The Hall–Kier alpha value is -3.00. The lowest BCUT2D eigenvalue weighted by atomic mass is 10.2. The Morgan fingerprint density at radius 1 is 1.16 bits per heavy atom. The van der Waals surface area contributed by atoms with E-state index in [0.717, 1.165) is 16.5 Å². The molecule has 0 aliphatic rings. The van der Waals surface area contributed by atoms with E-state index < -0.39 is 0 Å². The van der Waals surface area contributed by atoms with Crippen molar-refractivity contribution >= 4 is 34.3 Å². The van der Waals surface area contributed by atoms with Crippen LogP contribution in [-0.4, -0.2) is 43.4 Å². The summed E-state index contributed by atoms with van der Waals surface area (Å²) in [6, 6.07) is 11.4. The van der Waals surface area contributed by atoms with Gasteiger partial charge in [0.15, 0.2) is 16.6 Å². The minimum atomic E-state index is -0.317. The number of thioether (sulfide) groups is 1. The number of pyridine rings is 1. The van der Waals surface area contributed by atoms with Gasteiger partial charge in [-0.1, -0.05) is 23.9 Å². The fraction of sp³-hybridized carbons (Fsp3) is 0.118. The zero-order chi connectivity index (χ0) is 17.2. The molecule has 0 spiro atoms. The number of para-hydroxylation sites is 1. The van der Waals surface area contributed by atoms with Crippen molar-refractivity contribution < 1.29 is 9.53 Å². The fourth-order valence-corrected chi connectivity index (χ4v) is 3.21. The number of carbonyl (C=O) groups is 1. The quantitative estimate of drug-likeness (QED) is 0.317. The van der Waals surface area contributed by atoms with Gasteiger partial charge in [0.05, 0.1) is 18.4 Å². The van der Waals surface area contributed by atoms with E-state index in [1.54, 1.807) is 16.9 Å². The number of hydrogen-bond donors (Lipinski definition) is 0. The molecule has 4 rings (SSSR count). The van der Waals surface area contributed by atoms with Crippen LogP contribution in [0.3, 0.4) is 0 Å². The van der Waals surface area contributed by atoms with Crippen LogP contribution in [0.1, 0.15) is 0 Å². The lowest BCUT2D eigenvalue weighted by Gasteiger charge is -2.05. The van der Waals surface area contributed by atoms with Gasteiger partial charge in [-0.25, -0.2) is 9.97 Å². The summed E-state index contributed by atoms with van der Waals surface area (Å²) in [4.78, 5) is 24.8. The third-order valence-corrected chi connectivity index (χ3v) is 4.54. The molecule has 3 heterocycles. The van der Waals surface area contributed by atoms with E-state index in [0.29, 0.717) is 16.6 Å². The van der Waals surface area contributed by atoms with Crippen molar-refractivity contribution in [1.29, 1.82) is 0 Å². The molecule has 0 saturated heterocycles.